The fraction of sp³-hybridized carbons (Fsp3) is 0.600. The van der Waals surface area contributed by atoms with Gasteiger partial charge in [0.1, 0.15) is 11.5 Å². The number of piperidine rings is 1. The Kier molecular flexibility index (Phi) is 4.95. The Bertz CT molecular complexity index is 1210. The molecule has 2 fully saturated rings. The molecule has 4 atom stereocenters. The van der Waals surface area contributed by atoms with Gasteiger partial charge in [-0.25, -0.2) is 14.8 Å². The molecule has 32 heavy (non-hydrogen) atoms. The van der Waals surface area contributed by atoms with Crippen molar-refractivity contribution in [2.24, 2.45) is 17.8 Å². The average molecular weight is 462 g/mol. The van der Waals surface area contributed by atoms with Gasteiger partial charge in [0.2, 0.25) is 5.89 Å². The molecular formula is C20H24ClN7O4. The van der Waals surface area contributed by atoms with Crippen LogP contribution in [0.3, 0.4) is 0 Å². The number of hydrogen-bond donors (Lipinski definition) is 1. The third-order valence-corrected chi connectivity index (χ3v) is 7.00. The molecule has 1 amide bonds. The molecule has 3 aromatic heterocycles. The zero-order valence-corrected chi connectivity index (χ0v) is 18.7. The lowest BCUT2D eigenvalue weighted by molar-refractivity contribution is -0.0225. The Morgan fingerprint density at radius 1 is 1.38 bits per heavy atom. The topological polar surface area (TPSA) is 132 Å². The third kappa shape index (κ3) is 3.54. The molecule has 4 heterocycles. The van der Waals surface area contributed by atoms with Crippen LogP contribution >= 0.6 is 11.6 Å². The van der Waals surface area contributed by atoms with E-state index >= 15 is 0 Å². The Morgan fingerprint density at radius 2 is 2.12 bits per heavy atom. The Labute approximate surface area is 188 Å². The van der Waals surface area contributed by atoms with E-state index in [9.17, 15) is 9.59 Å². The van der Waals surface area contributed by atoms with E-state index < -0.39 is 5.60 Å². The summed E-state index contributed by atoms with van der Waals surface area (Å²) >= 11 is 5.73. The maximum absolute atomic E-state index is 12.8. The summed E-state index contributed by atoms with van der Waals surface area (Å²) < 4.78 is 12.7. The summed E-state index contributed by atoms with van der Waals surface area (Å²) in [5.41, 5.74) is -0.204. The number of alkyl halides is 1. The highest BCUT2D eigenvalue weighted by atomic mass is 35.5. The van der Waals surface area contributed by atoms with Gasteiger partial charge >= 0.3 is 6.09 Å². The summed E-state index contributed by atoms with van der Waals surface area (Å²) in [5, 5.41) is 4.01. The second-order valence-electron chi connectivity index (χ2n) is 9.11. The molecule has 1 saturated heterocycles. The predicted octanol–water partition coefficient (Wildman–Crippen LogP) is 2.14. The first-order valence-corrected chi connectivity index (χ1v) is 11.1. The lowest BCUT2D eigenvalue weighted by Crippen LogP contribution is -2.42. The number of nitrogens with zero attached hydrogens (tertiary/aromatic N) is 6. The van der Waals surface area contributed by atoms with Crippen LogP contribution in [-0.4, -0.2) is 59.3 Å². The second-order valence-corrected chi connectivity index (χ2v) is 9.38. The number of fused-ring (bicyclic) bond motifs is 2. The average Bonchev–Trinajstić information content (AvgIpc) is 3.21. The van der Waals surface area contributed by atoms with Crippen molar-refractivity contribution >= 4 is 28.9 Å². The number of amides is 1. The van der Waals surface area contributed by atoms with E-state index in [-0.39, 0.29) is 29.4 Å². The molecule has 1 aliphatic carbocycles. The van der Waals surface area contributed by atoms with E-state index in [2.05, 4.69) is 25.1 Å². The minimum Gasteiger partial charge on any atom is -0.443 e. The molecule has 2 aliphatic rings. The monoisotopic (exact) mass is 461 g/mol. The van der Waals surface area contributed by atoms with E-state index in [0.717, 1.165) is 0 Å². The molecule has 1 aliphatic heterocycles. The molecule has 11 nitrogen and oxygen atoms in total. The highest BCUT2D eigenvalue weighted by molar-refractivity contribution is 6.16. The van der Waals surface area contributed by atoms with E-state index in [0.29, 0.717) is 54.3 Å². The lowest BCUT2D eigenvalue weighted by Gasteiger charge is -2.34. The molecule has 0 radical (unpaired) electrons. The molecule has 3 aromatic rings. The molecule has 1 saturated carbocycles. The quantitative estimate of drug-likeness (QED) is 0.552. The first kappa shape index (κ1) is 20.9. The Hall–Kier alpha value is -2.95. The fourth-order valence-electron chi connectivity index (χ4n) is 4.48. The number of aromatic nitrogens is 6. The summed E-state index contributed by atoms with van der Waals surface area (Å²) in [7, 11) is 0. The van der Waals surface area contributed by atoms with Gasteiger partial charge in [-0.15, -0.1) is 11.6 Å². The van der Waals surface area contributed by atoms with Gasteiger partial charge in [0.25, 0.3) is 5.56 Å². The van der Waals surface area contributed by atoms with Gasteiger partial charge in [0.05, 0.1) is 12.7 Å². The lowest BCUT2D eigenvalue weighted by atomic mass is 9.92. The predicted molar refractivity (Wildman–Crippen MR) is 113 cm³/mol. The van der Waals surface area contributed by atoms with E-state index in [1.165, 1.54) is 6.33 Å². The number of rotatable bonds is 6. The van der Waals surface area contributed by atoms with Crippen molar-refractivity contribution in [2.75, 3.05) is 13.1 Å². The molecule has 5 rings (SSSR count). The molecule has 2 unspecified atom stereocenters. The van der Waals surface area contributed by atoms with Gasteiger partial charge in [-0.3, -0.25) is 4.79 Å². The fourth-order valence-corrected chi connectivity index (χ4v) is 4.59. The number of likely N-dealkylation sites (tertiary alicyclic amines) is 1. The summed E-state index contributed by atoms with van der Waals surface area (Å²) in [6, 6.07) is 0. The summed E-state index contributed by atoms with van der Waals surface area (Å²) in [6.45, 7) is 7.41. The van der Waals surface area contributed by atoms with Crippen molar-refractivity contribution in [2.45, 2.75) is 44.7 Å². The van der Waals surface area contributed by atoms with Gasteiger partial charge in [0, 0.05) is 31.5 Å². The van der Waals surface area contributed by atoms with Crippen molar-refractivity contribution in [1.29, 1.82) is 0 Å². The minimum absolute atomic E-state index is 0.0818. The number of imidazole rings is 1. The maximum Gasteiger partial charge on any atom is 0.410 e. The van der Waals surface area contributed by atoms with E-state index in [4.69, 9.17) is 20.9 Å². The largest absolute Gasteiger partial charge is 0.443 e. The van der Waals surface area contributed by atoms with E-state index in [1.54, 1.807) is 15.8 Å². The molecule has 0 bridgehead atoms. The van der Waals surface area contributed by atoms with Crippen molar-refractivity contribution in [3.05, 3.63) is 34.7 Å². The third-order valence-electron chi connectivity index (χ3n) is 6.77. The summed E-state index contributed by atoms with van der Waals surface area (Å²) in [5.74, 6) is 2.06. The number of carbonyl (C=O) groups is 1. The van der Waals surface area contributed by atoms with Crippen LogP contribution in [0.4, 0.5) is 4.79 Å². The zero-order valence-electron chi connectivity index (χ0n) is 18.0. The molecule has 0 aromatic carbocycles. The van der Waals surface area contributed by atoms with Crippen LogP contribution in [0.5, 0.6) is 0 Å². The van der Waals surface area contributed by atoms with Crippen LogP contribution < -0.4 is 5.56 Å². The Morgan fingerprint density at radius 3 is 2.81 bits per heavy atom. The van der Waals surface area contributed by atoms with Crippen LogP contribution in [0, 0.1) is 17.8 Å². The summed E-state index contributed by atoms with van der Waals surface area (Å²) in [4.78, 5) is 41.9. The molecule has 0 spiro atoms. The highest BCUT2D eigenvalue weighted by Gasteiger charge is 2.60. The smallest absolute Gasteiger partial charge is 0.410 e. The summed E-state index contributed by atoms with van der Waals surface area (Å²) in [6.07, 6.45) is 2.58. The number of aromatic amines is 1. The van der Waals surface area contributed by atoms with Gasteiger partial charge in [-0.05, 0) is 25.7 Å². The molecule has 170 valence electrons. The van der Waals surface area contributed by atoms with Gasteiger partial charge in [0.15, 0.2) is 17.0 Å². The minimum atomic E-state index is -0.752. The van der Waals surface area contributed by atoms with Gasteiger partial charge < -0.3 is 23.7 Å². The number of halogens is 1. The zero-order chi connectivity index (χ0) is 22.6. The Balaban J connectivity index is 1.19. The standard InChI is InChI=1S/C20H24ClN7O4/c1-10(5-28-9-24-17-15(28)18(29)23-8-22-17)20(2,3)31-19(30)27-6-11-12(7-27)14(11)16-25-13(4-21)32-26-16/h8-12,14H,4-7H2,1-3H3,(H,22,23,29)/t10?,11-,12+,14?. The molecular weight excluding hydrogens is 438 g/mol. The SMILES string of the molecule is CC(Cn1cnc2nc[nH]c(=O)c21)C(C)(C)OC(=O)N1C[C@@H]2C(c3noc(CCl)n3)[C@@H]2C1. The van der Waals surface area contributed by atoms with Crippen LogP contribution in [0.15, 0.2) is 22.0 Å². The second kappa shape index (κ2) is 7.58. The first-order valence-electron chi connectivity index (χ1n) is 10.5. The van der Waals surface area contributed by atoms with Crippen molar-refractivity contribution in [1.82, 2.24) is 34.6 Å². The van der Waals surface area contributed by atoms with Crippen LogP contribution in [-0.2, 0) is 17.2 Å². The van der Waals surface area contributed by atoms with Gasteiger partial charge in [-0.2, -0.15) is 4.98 Å². The van der Waals surface area contributed by atoms with Crippen LogP contribution in [0.2, 0.25) is 0 Å². The number of hydrogen-bond acceptors (Lipinski definition) is 8. The first-order chi connectivity index (χ1) is 15.3. The molecule has 1 N–H and O–H groups in total. The highest BCUT2D eigenvalue weighted by Crippen LogP contribution is 2.57. The van der Waals surface area contributed by atoms with Gasteiger partial charge in [-0.1, -0.05) is 12.1 Å². The van der Waals surface area contributed by atoms with Crippen LogP contribution in [0.25, 0.3) is 11.2 Å². The normalized spacial score (nSPS) is 23.4. The van der Waals surface area contributed by atoms with Crippen molar-refractivity contribution < 1.29 is 14.1 Å². The number of carbonyl (C=O) groups excluding carboxylic acids is 1. The number of H-pyrrole nitrogens is 1. The number of nitrogens with one attached hydrogen (secondary N) is 1. The van der Waals surface area contributed by atoms with Crippen molar-refractivity contribution in [3.8, 4) is 0 Å². The number of ether oxygens (including phenoxy) is 1. The maximum atomic E-state index is 12.8. The van der Waals surface area contributed by atoms with Crippen LogP contribution in [0.1, 0.15) is 38.4 Å². The van der Waals surface area contributed by atoms with Crippen molar-refractivity contribution in [3.63, 3.8) is 0 Å². The van der Waals surface area contributed by atoms with E-state index in [1.807, 2.05) is 20.8 Å². The molecule has 12 heteroatoms.